The highest BCUT2D eigenvalue weighted by Crippen LogP contribution is 2.47. The third-order valence-electron chi connectivity index (χ3n) is 2.98. The molecule has 0 radical (unpaired) electrons. The van der Waals surface area contributed by atoms with Crippen molar-refractivity contribution in [3.05, 3.63) is 70.1 Å². The van der Waals surface area contributed by atoms with E-state index in [2.05, 4.69) is 0 Å². The smallest absolute Gasteiger partial charge is 0.164 e. The van der Waals surface area contributed by atoms with Crippen LogP contribution in [0.1, 0.15) is 6.92 Å². The summed E-state index contributed by atoms with van der Waals surface area (Å²) in [5, 5.41) is 11.2. The fourth-order valence-electron chi connectivity index (χ4n) is 1.88. The predicted octanol–water partition coefficient (Wildman–Crippen LogP) is 3.66. The number of benzene rings is 2. The van der Waals surface area contributed by atoms with Gasteiger partial charge >= 0.3 is 0 Å². The normalized spacial score (nSPS) is 14.1. The van der Waals surface area contributed by atoms with Gasteiger partial charge in [0.2, 0.25) is 0 Å². The average Bonchev–Trinajstić information content (AvgIpc) is 2.48. The van der Waals surface area contributed by atoms with Crippen molar-refractivity contribution in [3.63, 3.8) is 0 Å². The molecule has 2 rings (SSSR count). The highest BCUT2D eigenvalue weighted by Gasteiger charge is 2.25. The molecule has 1 unspecified atom stereocenters. The molecule has 2 aromatic carbocycles. The van der Waals surface area contributed by atoms with Gasteiger partial charge in [0.25, 0.3) is 0 Å². The van der Waals surface area contributed by atoms with E-state index < -0.39 is 13.2 Å². The van der Waals surface area contributed by atoms with E-state index in [9.17, 15) is 9.67 Å². The molecule has 1 N–H and O–H groups in total. The van der Waals surface area contributed by atoms with Crippen molar-refractivity contribution in [2.24, 2.45) is 0 Å². The molecule has 0 saturated heterocycles. The van der Waals surface area contributed by atoms with Crippen LogP contribution in [0, 0.1) is 0 Å². The van der Waals surface area contributed by atoms with E-state index >= 15 is 0 Å². The van der Waals surface area contributed by atoms with E-state index in [1.54, 1.807) is 12.7 Å². The number of rotatable bonds is 4. The molecule has 0 aliphatic rings. The van der Waals surface area contributed by atoms with Crippen molar-refractivity contribution in [1.29, 1.82) is 0 Å². The standard InChI is InChI=1S/C16H16IO2P/c1-13(18)16(17)12-20(19,14-8-4-2-5-9-14)15-10-6-3-7-11-15/h2-13,18H,1H3/b16-12+. The molecule has 0 aliphatic carbocycles. The van der Waals surface area contributed by atoms with Gasteiger partial charge in [-0.2, -0.15) is 0 Å². The van der Waals surface area contributed by atoms with Gasteiger partial charge in [0.15, 0.2) is 7.14 Å². The molecule has 0 fully saturated rings. The Bertz CT molecular complexity index is 593. The Kier molecular flexibility index (Phi) is 5.19. The summed E-state index contributed by atoms with van der Waals surface area (Å²) >= 11 is 2.05. The molecule has 2 nitrogen and oxygen atoms in total. The van der Waals surface area contributed by atoms with Gasteiger partial charge in [0.1, 0.15) is 0 Å². The van der Waals surface area contributed by atoms with Crippen LogP contribution >= 0.6 is 29.7 Å². The summed E-state index contributed by atoms with van der Waals surface area (Å²) < 4.78 is 14.2. The van der Waals surface area contributed by atoms with Crippen LogP contribution in [0.4, 0.5) is 0 Å². The van der Waals surface area contributed by atoms with E-state index in [0.717, 1.165) is 10.6 Å². The Hall–Kier alpha value is -0.900. The Labute approximate surface area is 133 Å². The van der Waals surface area contributed by atoms with Crippen LogP contribution < -0.4 is 10.6 Å². The molecule has 104 valence electrons. The first kappa shape index (κ1) is 15.5. The number of hydrogen-bond donors (Lipinski definition) is 1. The summed E-state index contributed by atoms with van der Waals surface area (Å²) in [4.78, 5) is 0. The summed E-state index contributed by atoms with van der Waals surface area (Å²) in [7, 11) is -2.86. The lowest BCUT2D eigenvalue weighted by molar-refractivity contribution is 0.242. The van der Waals surface area contributed by atoms with Gasteiger partial charge in [-0.1, -0.05) is 60.7 Å². The zero-order chi connectivity index (χ0) is 14.6. The van der Waals surface area contributed by atoms with Gasteiger partial charge in [-0.15, -0.1) is 0 Å². The number of aliphatic hydroxyl groups excluding tert-OH is 1. The van der Waals surface area contributed by atoms with E-state index in [1.165, 1.54) is 0 Å². The van der Waals surface area contributed by atoms with Gasteiger partial charge in [-0.25, -0.2) is 0 Å². The second-order valence-electron chi connectivity index (χ2n) is 4.52. The molecule has 2 aromatic rings. The second-order valence-corrected chi connectivity index (χ2v) is 8.37. The zero-order valence-corrected chi connectivity index (χ0v) is 14.2. The lowest BCUT2D eigenvalue weighted by Gasteiger charge is -2.17. The maximum Gasteiger partial charge on any atom is 0.164 e. The Morgan fingerprint density at radius 1 is 1.05 bits per heavy atom. The van der Waals surface area contributed by atoms with Gasteiger partial charge in [-0.3, -0.25) is 0 Å². The van der Waals surface area contributed by atoms with Crippen molar-refractivity contribution in [1.82, 2.24) is 0 Å². The molecule has 0 heterocycles. The van der Waals surface area contributed by atoms with Gasteiger partial charge in [0, 0.05) is 14.2 Å². The van der Waals surface area contributed by atoms with Crippen molar-refractivity contribution < 1.29 is 9.67 Å². The molecule has 0 saturated carbocycles. The Balaban J connectivity index is 2.62. The molecule has 1 atom stereocenters. The quantitative estimate of drug-likeness (QED) is 0.631. The van der Waals surface area contributed by atoms with Crippen LogP contribution in [0.25, 0.3) is 0 Å². The summed E-state index contributed by atoms with van der Waals surface area (Å²) in [6, 6.07) is 18.8. The summed E-state index contributed by atoms with van der Waals surface area (Å²) in [5.41, 5.74) is 0. The zero-order valence-electron chi connectivity index (χ0n) is 11.1. The average molecular weight is 398 g/mol. The Morgan fingerprint density at radius 3 is 1.80 bits per heavy atom. The van der Waals surface area contributed by atoms with Crippen LogP contribution in [-0.2, 0) is 4.57 Å². The second kappa shape index (κ2) is 6.70. The monoisotopic (exact) mass is 398 g/mol. The van der Waals surface area contributed by atoms with Crippen LogP contribution in [0.3, 0.4) is 0 Å². The van der Waals surface area contributed by atoms with Gasteiger partial charge in [0.05, 0.1) is 6.10 Å². The van der Waals surface area contributed by atoms with Crippen LogP contribution in [0.5, 0.6) is 0 Å². The lowest BCUT2D eigenvalue weighted by Crippen LogP contribution is -2.15. The molecular formula is C16H16IO2P. The largest absolute Gasteiger partial charge is 0.388 e. The van der Waals surface area contributed by atoms with Crippen molar-refractivity contribution in [2.75, 3.05) is 0 Å². The maximum absolute atomic E-state index is 13.5. The van der Waals surface area contributed by atoms with E-state index in [-0.39, 0.29) is 0 Å². The van der Waals surface area contributed by atoms with Crippen molar-refractivity contribution in [2.45, 2.75) is 13.0 Å². The third kappa shape index (κ3) is 3.40. The fourth-order valence-corrected chi connectivity index (χ4v) is 5.44. The summed E-state index contributed by atoms with van der Waals surface area (Å²) in [6.45, 7) is 1.68. The molecule has 0 aliphatic heterocycles. The first-order valence-electron chi connectivity index (χ1n) is 6.31. The minimum Gasteiger partial charge on any atom is -0.388 e. The lowest BCUT2D eigenvalue weighted by atomic mass is 10.4. The molecule has 0 spiro atoms. The highest BCUT2D eigenvalue weighted by molar-refractivity contribution is 14.1. The molecule has 0 amide bonds. The summed E-state index contributed by atoms with van der Waals surface area (Å²) in [6.07, 6.45) is -0.614. The predicted molar refractivity (Wildman–Crippen MR) is 93.5 cm³/mol. The maximum atomic E-state index is 13.5. The number of halogens is 1. The van der Waals surface area contributed by atoms with Gasteiger partial charge < -0.3 is 9.67 Å². The first-order chi connectivity index (χ1) is 9.54. The fraction of sp³-hybridized carbons (Fsp3) is 0.125. The minimum absolute atomic E-state index is 0.614. The highest BCUT2D eigenvalue weighted by atomic mass is 127. The SMILES string of the molecule is CC(O)/C(I)=C\P(=O)(c1ccccc1)c1ccccc1. The van der Waals surface area contributed by atoms with Gasteiger partial charge in [-0.05, 0) is 35.3 Å². The van der Waals surface area contributed by atoms with E-state index in [1.807, 2.05) is 83.3 Å². The topological polar surface area (TPSA) is 37.3 Å². The van der Waals surface area contributed by atoms with Crippen LogP contribution in [0.15, 0.2) is 70.1 Å². The van der Waals surface area contributed by atoms with Crippen LogP contribution in [0.2, 0.25) is 0 Å². The molecule has 4 heteroatoms. The first-order valence-corrected chi connectivity index (χ1v) is 9.17. The van der Waals surface area contributed by atoms with Crippen molar-refractivity contribution in [3.8, 4) is 0 Å². The number of aliphatic hydroxyl groups is 1. The Morgan fingerprint density at radius 2 is 1.45 bits per heavy atom. The third-order valence-corrected chi connectivity index (χ3v) is 7.46. The summed E-state index contributed by atoms with van der Waals surface area (Å²) in [5.74, 6) is 1.71. The molecule has 20 heavy (non-hydrogen) atoms. The van der Waals surface area contributed by atoms with Crippen LogP contribution in [-0.4, -0.2) is 11.2 Å². The molecular weight excluding hydrogens is 382 g/mol. The molecule has 0 aromatic heterocycles. The van der Waals surface area contributed by atoms with E-state index in [0.29, 0.717) is 3.58 Å². The minimum atomic E-state index is -2.86. The van der Waals surface area contributed by atoms with Crippen molar-refractivity contribution >= 4 is 40.3 Å². The molecule has 0 bridgehead atoms. The number of hydrogen-bond acceptors (Lipinski definition) is 2. The van der Waals surface area contributed by atoms with E-state index in [4.69, 9.17) is 0 Å².